The molecule has 1 aliphatic carbocycles. The molecule has 4 aromatic rings. The number of aromatic carboxylic acids is 1. The van der Waals surface area contributed by atoms with Crippen molar-refractivity contribution in [2.45, 2.75) is 23.9 Å². The third kappa shape index (κ3) is 4.35. The molecule has 5 rings (SSSR count). The van der Waals surface area contributed by atoms with E-state index >= 15 is 0 Å². The molecule has 0 unspecified atom stereocenters. The zero-order valence-corrected chi connectivity index (χ0v) is 18.3. The van der Waals surface area contributed by atoms with Gasteiger partial charge in [0.05, 0.1) is 5.56 Å². The SMILES string of the molecule is CS(=O)(=O)c1[nH]nc2nc(Nc3cccc(-c4ccc(C(=O)O)cc4)c3)nc(NC3CC3)c12. The lowest BCUT2D eigenvalue weighted by molar-refractivity contribution is 0.0697. The maximum absolute atomic E-state index is 12.2. The monoisotopic (exact) mass is 464 g/mol. The Hall–Kier alpha value is -3.99. The zero-order valence-electron chi connectivity index (χ0n) is 17.5. The molecule has 168 valence electrons. The third-order valence-electron chi connectivity index (χ3n) is 5.25. The molecule has 1 fully saturated rings. The van der Waals surface area contributed by atoms with Crippen LogP contribution in [0.25, 0.3) is 22.2 Å². The number of nitrogens with one attached hydrogen (secondary N) is 3. The molecule has 0 atom stereocenters. The Morgan fingerprint density at radius 1 is 1.09 bits per heavy atom. The number of sulfone groups is 1. The molecule has 1 aliphatic rings. The zero-order chi connectivity index (χ0) is 23.2. The number of benzene rings is 2. The van der Waals surface area contributed by atoms with Gasteiger partial charge in [-0.2, -0.15) is 15.1 Å². The Labute approximate surface area is 189 Å². The predicted octanol–water partition coefficient (Wildman–Crippen LogP) is 3.44. The number of H-pyrrole nitrogens is 1. The van der Waals surface area contributed by atoms with E-state index in [4.69, 9.17) is 5.11 Å². The number of anilines is 3. The predicted molar refractivity (Wildman–Crippen MR) is 124 cm³/mol. The molecule has 11 heteroatoms. The second kappa shape index (κ2) is 7.85. The van der Waals surface area contributed by atoms with Crippen molar-refractivity contribution in [3.05, 3.63) is 54.1 Å². The molecule has 0 aliphatic heterocycles. The minimum Gasteiger partial charge on any atom is -0.478 e. The molecule has 1 saturated carbocycles. The van der Waals surface area contributed by atoms with Gasteiger partial charge in [-0.15, -0.1) is 0 Å². The van der Waals surface area contributed by atoms with E-state index in [0.717, 1.165) is 30.2 Å². The highest BCUT2D eigenvalue weighted by atomic mass is 32.2. The van der Waals surface area contributed by atoms with Gasteiger partial charge in [-0.1, -0.05) is 24.3 Å². The number of aromatic nitrogens is 4. The van der Waals surface area contributed by atoms with E-state index in [1.54, 1.807) is 24.3 Å². The minimum atomic E-state index is -3.54. The van der Waals surface area contributed by atoms with Gasteiger partial charge in [-0.25, -0.2) is 13.2 Å². The number of carboxylic acids is 1. The summed E-state index contributed by atoms with van der Waals surface area (Å²) in [6.45, 7) is 0. The quantitative estimate of drug-likeness (QED) is 0.322. The molecule has 10 nitrogen and oxygen atoms in total. The van der Waals surface area contributed by atoms with Gasteiger partial charge in [0, 0.05) is 18.0 Å². The number of nitrogens with zero attached hydrogens (tertiary/aromatic N) is 3. The summed E-state index contributed by atoms with van der Waals surface area (Å²) in [6.07, 6.45) is 3.09. The lowest BCUT2D eigenvalue weighted by atomic mass is 10.0. The summed E-state index contributed by atoms with van der Waals surface area (Å²) >= 11 is 0. The molecule has 0 bridgehead atoms. The van der Waals surface area contributed by atoms with E-state index in [1.165, 1.54) is 0 Å². The third-order valence-corrected chi connectivity index (χ3v) is 6.29. The number of hydrogen-bond donors (Lipinski definition) is 4. The van der Waals surface area contributed by atoms with E-state index in [1.807, 2.05) is 24.3 Å². The lowest BCUT2D eigenvalue weighted by Gasteiger charge is -2.11. The standard InChI is InChI=1S/C22H20N6O4S/c1-33(31,32)20-17-18(23-15-9-10-15)25-22(26-19(17)27-28-20)24-16-4-2-3-14(11-16)12-5-7-13(8-6-12)21(29)30/h2-8,11,15H,9-10H2,1H3,(H,29,30)(H3,23,24,25,26,27,28). The first-order valence-electron chi connectivity index (χ1n) is 10.2. The number of hydrogen-bond acceptors (Lipinski definition) is 8. The molecule has 2 heterocycles. The van der Waals surface area contributed by atoms with E-state index in [0.29, 0.717) is 16.9 Å². The second-order valence-corrected chi connectivity index (χ2v) is 9.88. The van der Waals surface area contributed by atoms with Gasteiger partial charge >= 0.3 is 5.97 Å². The van der Waals surface area contributed by atoms with Crippen LogP contribution in [0.15, 0.2) is 53.6 Å². The number of rotatable bonds is 7. The first-order valence-corrected chi connectivity index (χ1v) is 12.1. The van der Waals surface area contributed by atoms with E-state index in [2.05, 4.69) is 30.8 Å². The second-order valence-electron chi connectivity index (χ2n) is 7.93. The molecule has 2 aromatic carbocycles. The molecule has 4 N–H and O–H groups in total. The summed E-state index contributed by atoms with van der Waals surface area (Å²) in [6, 6.07) is 14.4. The number of fused-ring (bicyclic) bond motifs is 1. The fourth-order valence-corrected chi connectivity index (χ4v) is 4.23. The largest absolute Gasteiger partial charge is 0.478 e. The van der Waals surface area contributed by atoms with Crippen LogP contribution in [0.3, 0.4) is 0 Å². The fourth-order valence-electron chi connectivity index (χ4n) is 3.46. The molecule has 2 aromatic heterocycles. The van der Waals surface area contributed by atoms with Gasteiger partial charge in [0.15, 0.2) is 20.5 Å². The maximum atomic E-state index is 12.2. The summed E-state index contributed by atoms with van der Waals surface area (Å²) in [4.78, 5) is 20.0. The van der Waals surface area contributed by atoms with Gasteiger partial charge in [0.25, 0.3) is 0 Å². The van der Waals surface area contributed by atoms with Crippen LogP contribution in [0.1, 0.15) is 23.2 Å². The minimum absolute atomic E-state index is 0.0148. The summed E-state index contributed by atoms with van der Waals surface area (Å²) in [7, 11) is -3.54. The van der Waals surface area contributed by atoms with Crippen molar-refractivity contribution >= 4 is 44.3 Å². The van der Waals surface area contributed by atoms with Gasteiger partial charge in [-0.3, -0.25) is 5.10 Å². The Balaban J connectivity index is 1.49. The van der Waals surface area contributed by atoms with Crippen LogP contribution in [0, 0.1) is 0 Å². The van der Waals surface area contributed by atoms with Crippen LogP contribution in [0.4, 0.5) is 17.5 Å². The molecule has 0 amide bonds. The van der Waals surface area contributed by atoms with Gasteiger partial charge in [0.2, 0.25) is 5.95 Å². The van der Waals surface area contributed by atoms with Crippen molar-refractivity contribution in [2.24, 2.45) is 0 Å². The van der Waals surface area contributed by atoms with Crippen LogP contribution in [-0.4, -0.2) is 52.0 Å². The first-order chi connectivity index (χ1) is 15.8. The van der Waals surface area contributed by atoms with Crippen LogP contribution in [0.5, 0.6) is 0 Å². The molecular weight excluding hydrogens is 444 g/mol. The maximum Gasteiger partial charge on any atom is 0.335 e. The van der Waals surface area contributed by atoms with Crippen molar-refractivity contribution < 1.29 is 18.3 Å². The molecule has 0 spiro atoms. The van der Waals surface area contributed by atoms with Crippen LogP contribution >= 0.6 is 0 Å². The van der Waals surface area contributed by atoms with E-state index in [9.17, 15) is 13.2 Å². The van der Waals surface area contributed by atoms with Gasteiger partial charge in [0.1, 0.15) is 11.2 Å². The number of carbonyl (C=O) groups is 1. The summed E-state index contributed by atoms with van der Waals surface area (Å²) in [5.41, 5.74) is 2.93. The Morgan fingerprint density at radius 3 is 2.52 bits per heavy atom. The Kier molecular flexibility index (Phi) is 4.97. The number of carboxylic acid groups (broad SMARTS) is 1. The van der Waals surface area contributed by atoms with Crippen molar-refractivity contribution in [3.63, 3.8) is 0 Å². The highest BCUT2D eigenvalue weighted by Gasteiger charge is 2.27. The van der Waals surface area contributed by atoms with Gasteiger partial charge < -0.3 is 15.7 Å². The van der Waals surface area contributed by atoms with Crippen molar-refractivity contribution in [1.82, 2.24) is 20.2 Å². The smallest absolute Gasteiger partial charge is 0.335 e. The van der Waals surface area contributed by atoms with Crippen LogP contribution in [-0.2, 0) is 9.84 Å². The van der Waals surface area contributed by atoms with Crippen LogP contribution < -0.4 is 10.6 Å². The van der Waals surface area contributed by atoms with E-state index < -0.39 is 15.8 Å². The van der Waals surface area contributed by atoms with E-state index in [-0.39, 0.29) is 28.2 Å². The van der Waals surface area contributed by atoms with Gasteiger partial charge in [-0.05, 0) is 48.2 Å². The Bertz CT molecular complexity index is 1480. The molecule has 0 radical (unpaired) electrons. The summed E-state index contributed by atoms with van der Waals surface area (Å²) in [5, 5.41) is 22.5. The molecule has 0 saturated heterocycles. The Morgan fingerprint density at radius 2 is 1.85 bits per heavy atom. The molecular formula is C22H20N6O4S. The highest BCUT2D eigenvalue weighted by molar-refractivity contribution is 7.90. The summed E-state index contributed by atoms with van der Waals surface area (Å²) < 4.78 is 24.3. The molecule has 33 heavy (non-hydrogen) atoms. The average molecular weight is 465 g/mol. The van der Waals surface area contributed by atoms with Crippen LogP contribution in [0.2, 0.25) is 0 Å². The summed E-state index contributed by atoms with van der Waals surface area (Å²) in [5.74, 6) is -0.285. The average Bonchev–Trinajstić information content (AvgIpc) is 3.48. The van der Waals surface area contributed by atoms with Crippen molar-refractivity contribution in [1.29, 1.82) is 0 Å². The number of aromatic amines is 1. The lowest BCUT2D eigenvalue weighted by Crippen LogP contribution is -2.08. The van der Waals surface area contributed by atoms with Crippen molar-refractivity contribution in [2.75, 3.05) is 16.9 Å². The highest BCUT2D eigenvalue weighted by Crippen LogP contribution is 2.32. The van der Waals surface area contributed by atoms with Crippen molar-refractivity contribution in [3.8, 4) is 11.1 Å². The topological polar surface area (TPSA) is 150 Å². The fraction of sp³-hybridized carbons (Fsp3) is 0.182. The normalized spacial score (nSPS) is 13.7. The first kappa shape index (κ1) is 20.9.